The lowest BCUT2D eigenvalue weighted by atomic mass is 9.98. The molecule has 0 fully saturated rings. The number of rotatable bonds is 6. The summed E-state index contributed by atoms with van der Waals surface area (Å²) in [5, 5.41) is 5.93. The van der Waals surface area contributed by atoms with Crippen LogP contribution in [-0.4, -0.2) is 6.54 Å². The first-order valence-corrected chi connectivity index (χ1v) is 10.3. The van der Waals surface area contributed by atoms with Crippen molar-refractivity contribution in [1.82, 2.24) is 5.32 Å². The van der Waals surface area contributed by atoms with E-state index in [1.54, 1.807) is 10.4 Å². The van der Waals surface area contributed by atoms with E-state index in [4.69, 9.17) is 0 Å². The van der Waals surface area contributed by atoms with Crippen molar-refractivity contribution in [3.8, 4) is 0 Å². The van der Waals surface area contributed by atoms with Crippen molar-refractivity contribution in [3.05, 3.63) is 42.2 Å². The molecule has 2 aromatic heterocycles. The fraction of sp³-hybridized carbons (Fsp3) is 0.529. The monoisotopic (exact) mass is 383 g/mol. The van der Waals surface area contributed by atoms with E-state index in [0.29, 0.717) is 6.04 Å². The van der Waals surface area contributed by atoms with Crippen LogP contribution in [-0.2, 0) is 19.3 Å². The number of halogens is 1. The van der Waals surface area contributed by atoms with E-state index in [-0.39, 0.29) is 0 Å². The summed E-state index contributed by atoms with van der Waals surface area (Å²) in [6.45, 7) is 3.33. The standard InChI is InChI=1S/C17H22BrNS2/c1-2-8-19-14(11-16-13(18)7-9-20-16)17-10-12-5-3-4-6-15(12)21-17/h7,9-10,14,19H,2-6,8,11H2,1H3. The Morgan fingerprint density at radius 3 is 2.90 bits per heavy atom. The van der Waals surface area contributed by atoms with Gasteiger partial charge < -0.3 is 5.32 Å². The van der Waals surface area contributed by atoms with Gasteiger partial charge in [-0.1, -0.05) is 6.92 Å². The average molecular weight is 384 g/mol. The number of fused-ring (bicyclic) bond motifs is 1. The van der Waals surface area contributed by atoms with Crippen LogP contribution >= 0.6 is 38.6 Å². The van der Waals surface area contributed by atoms with Gasteiger partial charge in [0.1, 0.15) is 0 Å². The lowest BCUT2D eigenvalue weighted by molar-refractivity contribution is 0.539. The van der Waals surface area contributed by atoms with Crippen LogP contribution in [0.4, 0.5) is 0 Å². The van der Waals surface area contributed by atoms with E-state index in [1.807, 2.05) is 22.7 Å². The highest BCUT2D eigenvalue weighted by Crippen LogP contribution is 2.35. The molecule has 1 atom stereocenters. The predicted molar refractivity (Wildman–Crippen MR) is 97.7 cm³/mol. The van der Waals surface area contributed by atoms with E-state index in [9.17, 15) is 0 Å². The van der Waals surface area contributed by atoms with E-state index in [0.717, 1.165) is 13.0 Å². The molecule has 2 aromatic rings. The molecular formula is C17H22BrNS2. The molecule has 0 amide bonds. The summed E-state index contributed by atoms with van der Waals surface area (Å²) in [6.07, 6.45) is 7.60. The summed E-state index contributed by atoms with van der Waals surface area (Å²) in [7, 11) is 0. The highest BCUT2D eigenvalue weighted by Gasteiger charge is 2.20. The van der Waals surface area contributed by atoms with Crippen LogP contribution in [0.5, 0.6) is 0 Å². The summed E-state index contributed by atoms with van der Waals surface area (Å²) >= 11 is 7.59. The van der Waals surface area contributed by atoms with E-state index >= 15 is 0 Å². The fourth-order valence-electron chi connectivity index (χ4n) is 2.93. The maximum atomic E-state index is 3.76. The van der Waals surface area contributed by atoms with Gasteiger partial charge in [-0.2, -0.15) is 0 Å². The molecule has 0 spiro atoms. The Balaban J connectivity index is 1.81. The SMILES string of the molecule is CCCNC(Cc1sccc1Br)c1cc2c(s1)CCCC2. The zero-order valence-corrected chi connectivity index (χ0v) is 15.7. The maximum absolute atomic E-state index is 3.76. The van der Waals surface area contributed by atoms with Crippen molar-refractivity contribution in [1.29, 1.82) is 0 Å². The normalized spacial score (nSPS) is 15.9. The third-order valence-corrected chi connectivity index (χ3v) is 7.38. The van der Waals surface area contributed by atoms with Crippen molar-refractivity contribution in [2.45, 2.75) is 51.5 Å². The first-order valence-electron chi connectivity index (χ1n) is 7.84. The first-order chi connectivity index (χ1) is 10.3. The Labute approximate surface area is 143 Å². The largest absolute Gasteiger partial charge is 0.309 e. The molecule has 0 aliphatic heterocycles. The molecule has 1 nitrogen and oxygen atoms in total. The molecule has 0 radical (unpaired) electrons. The Morgan fingerprint density at radius 2 is 2.19 bits per heavy atom. The van der Waals surface area contributed by atoms with Crippen LogP contribution in [0.25, 0.3) is 0 Å². The van der Waals surface area contributed by atoms with Gasteiger partial charge in [0.25, 0.3) is 0 Å². The Hall–Kier alpha value is -0.160. The van der Waals surface area contributed by atoms with Gasteiger partial charge in [-0.05, 0) is 77.7 Å². The molecule has 0 saturated carbocycles. The zero-order chi connectivity index (χ0) is 14.7. The number of thiophene rings is 2. The Morgan fingerprint density at radius 1 is 1.33 bits per heavy atom. The predicted octanol–water partition coefficient (Wildman–Crippen LogP) is 5.73. The molecule has 1 aliphatic rings. The van der Waals surface area contributed by atoms with Crippen molar-refractivity contribution in [3.63, 3.8) is 0 Å². The highest BCUT2D eigenvalue weighted by molar-refractivity contribution is 9.10. The maximum Gasteiger partial charge on any atom is 0.0464 e. The number of aryl methyl sites for hydroxylation is 2. The smallest absolute Gasteiger partial charge is 0.0464 e. The average Bonchev–Trinajstić information content (AvgIpc) is 3.09. The van der Waals surface area contributed by atoms with E-state index < -0.39 is 0 Å². The number of hydrogen-bond donors (Lipinski definition) is 1. The van der Waals surface area contributed by atoms with Crippen molar-refractivity contribution < 1.29 is 0 Å². The van der Waals surface area contributed by atoms with Gasteiger partial charge >= 0.3 is 0 Å². The molecule has 1 unspecified atom stereocenters. The molecular weight excluding hydrogens is 362 g/mol. The third kappa shape index (κ3) is 3.79. The van der Waals surface area contributed by atoms with Gasteiger partial charge in [0.2, 0.25) is 0 Å². The molecule has 114 valence electrons. The third-order valence-electron chi connectivity index (χ3n) is 4.08. The molecule has 1 N–H and O–H groups in total. The molecule has 0 bridgehead atoms. The van der Waals surface area contributed by atoms with Crippen LogP contribution in [0.1, 0.15) is 52.4 Å². The number of nitrogens with one attached hydrogen (secondary N) is 1. The van der Waals surface area contributed by atoms with Crippen LogP contribution in [0.2, 0.25) is 0 Å². The van der Waals surface area contributed by atoms with E-state index in [2.05, 4.69) is 45.7 Å². The minimum Gasteiger partial charge on any atom is -0.309 e. The quantitative estimate of drug-likeness (QED) is 0.670. The zero-order valence-electron chi connectivity index (χ0n) is 12.5. The van der Waals surface area contributed by atoms with E-state index in [1.165, 1.54) is 46.3 Å². The lowest BCUT2D eigenvalue weighted by Crippen LogP contribution is -2.23. The van der Waals surface area contributed by atoms with Gasteiger partial charge in [-0.15, -0.1) is 22.7 Å². The first kappa shape index (κ1) is 15.7. The minimum absolute atomic E-state index is 0.468. The molecule has 4 heteroatoms. The van der Waals surface area contributed by atoms with Crippen LogP contribution in [0.3, 0.4) is 0 Å². The minimum atomic E-state index is 0.468. The topological polar surface area (TPSA) is 12.0 Å². The summed E-state index contributed by atoms with van der Waals surface area (Å²) in [5.41, 5.74) is 1.62. The van der Waals surface area contributed by atoms with Gasteiger partial charge in [-0.25, -0.2) is 0 Å². The van der Waals surface area contributed by atoms with Gasteiger partial charge in [0.05, 0.1) is 0 Å². The lowest BCUT2D eigenvalue weighted by Gasteiger charge is -2.16. The molecule has 0 aromatic carbocycles. The Kier molecular flexibility index (Phi) is 5.54. The second-order valence-electron chi connectivity index (χ2n) is 5.71. The van der Waals surface area contributed by atoms with Crippen molar-refractivity contribution in [2.75, 3.05) is 6.54 Å². The second-order valence-corrected chi connectivity index (χ2v) is 8.73. The second kappa shape index (κ2) is 7.40. The van der Waals surface area contributed by atoms with Crippen molar-refractivity contribution in [2.24, 2.45) is 0 Å². The molecule has 21 heavy (non-hydrogen) atoms. The number of hydrogen-bond acceptors (Lipinski definition) is 3. The van der Waals surface area contributed by atoms with Crippen LogP contribution in [0.15, 0.2) is 22.0 Å². The van der Waals surface area contributed by atoms with Gasteiger partial charge in [-0.3, -0.25) is 0 Å². The fourth-order valence-corrected chi connectivity index (χ4v) is 5.83. The van der Waals surface area contributed by atoms with Crippen LogP contribution < -0.4 is 5.32 Å². The highest BCUT2D eigenvalue weighted by atomic mass is 79.9. The van der Waals surface area contributed by atoms with Crippen LogP contribution in [0, 0.1) is 0 Å². The summed E-state index contributed by atoms with van der Waals surface area (Å²) in [6, 6.07) is 5.11. The summed E-state index contributed by atoms with van der Waals surface area (Å²) in [4.78, 5) is 4.63. The molecule has 3 rings (SSSR count). The van der Waals surface area contributed by atoms with Gasteiger partial charge in [0, 0.05) is 31.6 Å². The molecule has 1 aliphatic carbocycles. The van der Waals surface area contributed by atoms with Gasteiger partial charge in [0.15, 0.2) is 0 Å². The molecule has 2 heterocycles. The molecule has 0 saturated heterocycles. The summed E-state index contributed by atoms with van der Waals surface area (Å²) < 4.78 is 1.26. The summed E-state index contributed by atoms with van der Waals surface area (Å²) in [5.74, 6) is 0. The Bertz CT molecular complexity index is 564. The van der Waals surface area contributed by atoms with Crippen molar-refractivity contribution >= 4 is 38.6 Å².